The molecule has 0 radical (unpaired) electrons. The molecular formula is C26H35FN4O2. The first-order chi connectivity index (χ1) is 15.5. The molecule has 3 rings (SSSR count). The van der Waals surface area contributed by atoms with Gasteiger partial charge in [-0.15, -0.1) is 0 Å². The number of rotatable bonds is 6. The van der Waals surface area contributed by atoms with E-state index in [9.17, 15) is 14.0 Å². The number of anilines is 1. The number of piperazine rings is 1. The lowest BCUT2D eigenvalue weighted by Crippen LogP contribution is -2.56. The number of aryl methyl sites for hydroxylation is 1. The number of hydrogen-bond donors (Lipinski definition) is 1. The molecule has 0 aliphatic carbocycles. The highest BCUT2D eigenvalue weighted by Crippen LogP contribution is 2.27. The van der Waals surface area contributed by atoms with Gasteiger partial charge < -0.3 is 10.2 Å². The topological polar surface area (TPSA) is 65.5 Å². The number of amides is 2. The van der Waals surface area contributed by atoms with E-state index >= 15 is 0 Å². The van der Waals surface area contributed by atoms with Gasteiger partial charge in [-0.25, -0.2) is 4.39 Å². The summed E-state index contributed by atoms with van der Waals surface area (Å²) in [4.78, 5) is 33.9. The average molecular weight is 455 g/mol. The maximum atomic E-state index is 14.4. The fourth-order valence-electron chi connectivity index (χ4n) is 4.09. The van der Waals surface area contributed by atoms with Crippen LogP contribution < -0.4 is 5.32 Å². The molecule has 33 heavy (non-hydrogen) atoms. The first-order valence-electron chi connectivity index (χ1n) is 11.6. The van der Waals surface area contributed by atoms with E-state index < -0.39 is 0 Å². The predicted molar refractivity (Wildman–Crippen MR) is 129 cm³/mol. The molecule has 1 aromatic heterocycles. The second-order valence-electron chi connectivity index (χ2n) is 9.70. The van der Waals surface area contributed by atoms with E-state index in [-0.39, 0.29) is 29.1 Å². The maximum absolute atomic E-state index is 14.4. The number of benzene rings is 1. The largest absolute Gasteiger partial charge is 0.337 e. The van der Waals surface area contributed by atoms with E-state index in [2.05, 4.69) is 22.1 Å². The molecule has 1 atom stereocenters. The zero-order chi connectivity index (χ0) is 24.3. The normalized spacial score (nSPS) is 17.2. The van der Waals surface area contributed by atoms with Gasteiger partial charge in [-0.2, -0.15) is 0 Å². The third-order valence-electron chi connectivity index (χ3n) is 6.73. The lowest BCUT2D eigenvalue weighted by atomic mass is 9.87. The van der Waals surface area contributed by atoms with Crippen molar-refractivity contribution in [2.75, 3.05) is 25.0 Å². The number of carbonyl (C=O) groups is 2. The summed E-state index contributed by atoms with van der Waals surface area (Å²) in [6.45, 7) is 14.5. The fraction of sp³-hybridized carbons (Fsp3) is 0.500. The van der Waals surface area contributed by atoms with E-state index in [0.717, 1.165) is 36.3 Å². The average Bonchev–Trinajstić information content (AvgIpc) is 2.77. The highest BCUT2D eigenvalue weighted by Gasteiger charge is 2.35. The highest BCUT2D eigenvalue weighted by molar-refractivity contribution is 6.04. The van der Waals surface area contributed by atoms with E-state index in [1.807, 2.05) is 39.5 Å². The van der Waals surface area contributed by atoms with Gasteiger partial charge in [0.2, 0.25) is 5.91 Å². The summed E-state index contributed by atoms with van der Waals surface area (Å²) in [6, 6.07) is 6.44. The van der Waals surface area contributed by atoms with Crippen molar-refractivity contribution in [3.05, 3.63) is 58.7 Å². The molecule has 2 amide bonds. The highest BCUT2D eigenvalue weighted by atomic mass is 19.1. The third kappa shape index (κ3) is 5.77. The Hall–Kier alpha value is -2.80. The molecule has 6 nitrogen and oxygen atoms in total. The number of halogens is 1. The summed E-state index contributed by atoms with van der Waals surface area (Å²) in [6.07, 6.45) is 2.32. The predicted octanol–water partition coefficient (Wildman–Crippen LogP) is 4.56. The van der Waals surface area contributed by atoms with Gasteiger partial charge in [-0.1, -0.05) is 20.8 Å². The van der Waals surface area contributed by atoms with Crippen molar-refractivity contribution in [3.8, 4) is 0 Å². The van der Waals surface area contributed by atoms with Crippen molar-refractivity contribution in [3.63, 3.8) is 0 Å². The van der Waals surface area contributed by atoms with Crippen molar-refractivity contribution >= 4 is 17.5 Å². The van der Waals surface area contributed by atoms with Crippen molar-refractivity contribution in [2.45, 2.75) is 60.5 Å². The van der Waals surface area contributed by atoms with Gasteiger partial charge in [0.25, 0.3) is 5.91 Å². The molecule has 0 saturated carbocycles. The number of nitrogens with one attached hydrogen (secondary N) is 1. The Morgan fingerprint density at radius 2 is 1.94 bits per heavy atom. The zero-order valence-electron chi connectivity index (χ0n) is 20.5. The molecule has 1 N–H and O–H groups in total. The Bertz CT molecular complexity index is 1020. The van der Waals surface area contributed by atoms with Crippen molar-refractivity contribution in [1.29, 1.82) is 0 Å². The van der Waals surface area contributed by atoms with Crippen LogP contribution in [0, 0.1) is 25.1 Å². The van der Waals surface area contributed by atoms with Gasteiger partial charge in [0, 0.05) is 55.2 Å². The molecule has 1 fully saturated rings. The monoisotopic (exact) mass is 454 g/mol. The minimum absolute atomic E-state index is 0.0825. The van der Waals surface area contributed by atoms with Crippen molar-refractivity contribution < 1.29 is 14.0 Å². The summed E-state index contributed by atoms with van der Waals surface area (Å²) >= 11 is 0. The van der Waals surface area contributed by atoms with Gasteiger partial charge in [-0.05, 0) is 62.6 Å². The van der Waals surface area contributed by atoms with Gasteiger partial charge >= 0.3 is 0 Å². The Morgan fingerprint density at radius 3 is 2.55 bits per heavy atom. The van der Waals surface area contributed by atoms with Crippen LogP contribution in [0.3, 0.4) is 0 Å². The Morgan fingerprint density at radius 1 is 1.21 bits per heavy atom. The molecule has 0 unspecified atom stereocenters. The van der Waals surface area contributed by atoms with Gasteiger partial charge in [0.1, 0.15) is 5.82 Å². The van der Waals surface area contributed by atoms with Gasteiger partial charge in [0.05, 0.1) is 5.56 Å². The summed E-state index contributed by atoms with van der Waals surface area (Å²) in [5.74, 6) is -0.518. The van der Waals surface area contributed by atoms with Crippen molar-refractivity contribution in [1.82, 2.24) is 14.8 Å². The number of hydrogen-bond acceptors (Lipinski definition) is 4. The summed E-state index contributed by atoms with van der Waals surface area (Å²) < 4.78 is 14.4. The quantitative estimate of drug-likeness (QED) is 0.695. The number of pyridine rings is 1. The molecule has 7 heteroatoms. The Balaban J connectivity index is 1.71. The molecule has 178 valence electrons. The molecule has 2 heterocycles. The van der Waals surface area contributed by atoms with Gasteiger partial charge in [-0.3, -0.25) is 19.5 Å². The molecule has 1 aliphatic heterocycles. The van der Waals surface area contributed by atoms with Crippen LogP contribution in [0.5, 0.6) is 0 Å². The third-order valence-corrected chi connectivity index (χ3v) is 6.73. The molecule has 2 aromatic rings. The van der Waals surface area contributed by atoms with Gasteiger partial charge in [0.15, 0.2) is 0 Å². The first-order valence-corrected chi connectivity index (χ1v) is 11.6. The van der Waals surface area contributed by atoms with Crippen LogP contribution in [0.4, 0.5) is 10.1 Å². The van der Waals surface area contributed by atoms with Crippen molar-refractivity contribution in [2.24, 2.45) is 5.41 Å². The molecule has 0 bridgehead atoms. The van der Waals surface area contributed by atoms with Crippen LogP contribution in [0.1, 0.15) is 61.3 Å². The Kier molecular flexibility index (Phi) is 7.52. The van der Waals surface area contributed by atoms with Crippen LogP contribution in [-0.4, -0.2) is 52.3 Å². The molecule has 1 aromatic carbocycles. The summed E-state index contributed by atoms with van der Waals surface area (Å²) in [5, 5.41) is 2.83. The van der Waals surface area contributed by atoms with Crippen LogP contribution in [0.15, 0.2) is 30.5 Å². The molecule has 0 spiro atoms. The number of nitrogens with zero attached hydrogens (tertiary/aromatic N) is 3. The van der Waals surface area contributed by atoms with Crippen LogP contribution in [-0.2, 0) is 11.3 Å². The maximum Gasteiger partial charge on any atom is 0.257 e. The lowest BCUT2D eigenvalue weighted by Gasteiger charge is -2.43. The van der Waals surface area contributed by atoms with E-state index in [1.54, 1.807) is 12.1 Å². The minimum Gasteiger partial charge on any atom is -0.337 e. The second kappa shape index (κ2) is 10.00. The summed E-state index contributed by atoms with van der Waals surface area (Å²) in [5.41, 5.74) is 3.01. The molecule has 1 aliphatic rings. The van der Waals surface area contributed by atoms with Crippen LogP contribution in [0.2, 0.25) is 0 Å². The molecular weight excluding hydrogens is 419 g/mol. The molecule has 1 saturated heterocycles. The number of aromatic nitrogens is 1. The van der Waals surface area contributed by atoms with E-state index in [4.69, 9.17) is 0 Å². The standard InChI is InChI=1S/C26H35FN4O2/c1-7-26(5,6)25(33)31-11-10-30(15-18(31)3)16-21-12-22(27)13-23(19(21)4)29-24(32)20-9-8-17(2)28-14-20/h8-9,12-14,18H,7,10-11,15-16H2,1-6H3,(H,29,32)/t18-/m0/s1. The second-order valence-corrected chi connectivity index (χ2v) is 9.70. The smallest absolute Gasteiger partial charge is 0.257 e. The van der Waals surface area contributed by atoms with Crippen LogP contribution >= 0.6 is 0 Å². The van der Waals surface area contributed by atoms with E-state index in [0.29, 0.717) is 24.3 Å². The van der Waals surface area contributed by atoms with Crippen LogP contribution in [0.25, 0.3) is 0 Å². The lowest BCUT2D eigenvalue weighted by molar-refractivity contribution is -0.145. The zero-order valence-corrected chi connectivity index (χ0v) is 20.5. The fourth-order valence-corrected chi connectivity index (χ4v) is 4.09. The minimum atomic E-state index is -0.389. The summed E-state index contributed by atoms with van der Waals surface area (Å²) in [7, 11) is 0. The number of carbonyl (C=O) groups excluding carboxylic acids is 2. The SMILES string of the molecule is CCC(C)(C)C(=O)N1CCN(Cc2cc(F)cc(NC(=O)c3ccc(C)nc3)c2C)C[C@@H]1C. The van der Waals surface area contributed by atoms with E-state index in [1.165, 1.54) is 18.3 Å². The first kappa shape index (κ1) is 24.8. The Labute approximate surface area is 196 Å².